The third-order valence-corrected chi connectivity index (χ3v) is 6.24. The van der Waals surface area contributed by atoms with Crippen LogP contribution in [0.2, 0.25) is 10.0 Å². The fourth-order valence-corrected chi connectivity index (χ4v) is 4.07. The minimum atomic E-state index is -4.37. The standard InChI is InChI=1S/C17H15Cl2NO6S/c1-20(17(23)26-10-11-5-3-2-4-6-11)27(24,25)14-8-7-13(18)12(16(14)19)9-15(21)22/h2-8H,9-10H2,1H3,(H,21,22). The maximum Gasteiger partial charge on any atom is 0.423 e. The van der Waals surface area contributed by atoms with E-state index in [1.165, 1.54) is 6.07 Å². The summed E-state index contributed by atoms with van der Waals surface area (Å²) in [7, 11) is -3.35. The topological polar surface area (TPSA) is 101 Å². The van der Waals surface area contributed by atoms with Gasteiger partial charge in [-0.25, -0.2) is 17.5 Å². The molecule has 0 aliphatic heterocycles. The van der Waals surface area contributed by atoms with Crippen LogP contribution in [-0.4, -0.2) is 36.9 Å². The smallest absolute Gasteiger partial charge is 0.423 e. The van der Waals surface area contributed by atoms with Crippen LogP contribution in [0, 0.1) is 0 Å². The lowest BCUT2D eigenvalue weighted by Gasteiger charge is -2.19. The molecule has 2 rings (SSSR count). The molecule has 0 saturated heterocycles. The normalized spacial score (nSPS) is 11.1. The molecule has 144 valence electrons. The molecule has 0 aromatic heterocycles. The van der Waals surface area contributed by atoms with Crippen LogP contribution in [0.4, 0.5) is 4.79 Å². The van der Waals surface area contributed by atoms with Crippen LogP contribution in [0.15, 0.2) is 47.4 Å². The second-order valence-corrected chi connectivity index (χ2v) is 8.14. The van der Waals surface area contributed by atoms with E-state index < -0.39 is 33.4 Å². The van der Waals surface area contributed by atoms with Gasteiger partial charge < -0.3 is 9.84 Å². The lowest BCUT2D eigenvalue weighted by Crippen LogP contribution is -2.34. The summed E-state index contributed by atoms with van der Waals surface area (Å²) >= 11 is 12.0. The first-order valence-electron chi connectivity index (χ1n) is 7.53. The Hall–Kier alpha value is -2.29. The quantitative estimate of drug-likeness (QED) is 0.749. The number of halogens is 2. The SMILES string of the molecule is CN(C(=O)OCc1ccccc1)S(=O)(=O)c1ccc(Cl)c(CC(=O)O)c1Cl. The van der Waals surface area contributed by atoms with E-state index in [-0.39, 0.29) is 22.2 Å². The number of ether oxygens (including phenoxy) is 1. The number of nitrogens with zero attached hydrogens (tertiary/aromatic N) is 1. The van der Waals surface area contributed by atoms with Crippen molar-refractivity contribution in [1.29, 1.82) is 0 Å². The molecule has 1 N–H and O–H groups in total. The average Bonchev–Trinajstić information content (AvgIpc) is 2.62. The van der Waals surface area contributed by atoms with Gasteiger partial charge in [-0.3, -0.25) is 4.79 Å². The number of hydrogen-bond acceptors (Lipinski definition) is 5. The Bertz CT molecular complexity index is 963. The van der Waals surface area contributed by atoms with Gasteiger partial charge in [0.25, 0.3) is 10.0 Å². The molecule has 0 aliphatic carbocycles. The third-order valence-electron chi connectivity index (χ3n) is 3.58. The van der Waals surface area contributed by atoms with E-state index in [0.29, 0.717) is 9.87 Å². The van der Waals surface area contributed by atoms with Gasteiger partial charge >= 0.3 is 12.1 Å². The van der Waals surface area contributed by atoms with Crippen LogP contribution in [0.25, 0.3) is 0 Å². The number of carboxylic acid groups (broad SMARTS) is 1. The molecule has 10 heteroatoms. The van der Waals surface area contributed by atoms with Crippen LogP contribution in [0.5, 0.6) is 0 Å². The van der Waals surface area contributed by atoms with Crippen molar-refractivity contribution in [3.05, 3.63) is 63.6 Å². The van der Waals surface area contributed by atoms with Gasteiger partial charge in [0, 0.05) is 17.6 Å². The highest BCUT2D eigenvalue weighted by molar-refractivity contribution is 7.89. The molecule has 0 fully saturated rings. The Morgan fingerprint density at radius 2 is 1.74 bits per heavy atom. The number of sulfonamides is 1. The Morgan fingerprint density at radius 1 is 1.11 bits per heavy atom. The van der Waals surface area contributed by atoms with Crippen LogP contribution >= 0.6 is 23.2 Å². The maximum absolute atomic E-state index is 12.7. The first-order valence-corrected chi connectivity index (χ1v) is 9.72. The molecule has 0 heterocycles. The molecule has 0 atom stereocenters. The second-order valence-electron chi connectivity index (χ2n) is 5.42. The first kappa shape index (κ1) is 21.0. The number of carbonyl (C=O) groups excluding carboxylic acids is 1. The number of amides is 1. The lowest BCUT2D eigenvalue weighted by molar-refractivity contribution is -0.136. The second kappa shape index (κ2) is 8.60. The van der Waals surface area contributed by atoms with Crippen molar-refractivity contribution >= 4 is 45.3 Å². The molecule has 2 aromatic rings. The fourth-order valence-electron chi connectivity index (χ4n) is 2.14. The Balaban J connectivity index is 2.26. The number of carboxylic acids is 1. The van der Waals surface area contributed by atoms with Crippen LogP contribution in [0.3, 0.4) is 0 Å². The molecule has 7 nitrogen and oxygen atoms in total. The summed E-state index contributed by atoms with van der Waals surface area (Å²) in [6.07, 6.45) is -1.67. The van der Waals surface area contributed by atoms with Crippen molar-refractivity contribution in [1.82, 2.24) is 4.31 Å². The number of carbonyl (C=O) groups is 2. The molecular weight excluding hydrogens is 417 g/mol. The molecule has 0 bridgehead atoms. The van der Waals surface area contributed by atoms with Gasteiger partial charge in [-0.05, 0) is 17.7 Å². The summed E-state index contributed by atoms with van der Waals surface area (Å²) in [5, 5.41) is 8.59. The number of hydrogen-bond donors (Lipinski definition) is 1. The van der Waals surface area contributed by atoms with Gasteiger partial charge in [0.05, 0.1) is 11.4 Å². The molecule has 0 aliphatic rings. The average molecular weight is 432 g/mol. The molecular formula is C17H15Cl2NO6S. The first-order chi connectivity index (χ1) is 12.6. The van der Waals surface area contributed by atoms with Crippen LogP contribution in [0.1, 0.15) is 11.1 Å². The van der Waals surface area contributed by atoms with Crippen molar-refractivity contribution < 1.29 is 27.9 Å². The van der Waals surface area contributed by atoms with Crippen molar-refractivity contribution in [2.24, 2.45) is 0 Å². The van der Waals surface area contributed by atoms with Gasteiger partial charge in [0.15, 0.2) is 0 Å². The van der Waals surface area contributed by atoms with E-state index in [0.717, 1.165) is 13.1 Å². The zero-order chi connectivity index (χ0) is 20.2. The highest BCUT2D eigenvalue weighted by Gasteiger charge is 2.30. The van der Waals surface area contributed by atoms with Crippen LogP contribution < -0.4 is 0 Å². The van der Waals surface area contributed by atoms with E-state index >= 15 is 0 Å². The minimum Gasteiger partial charge on any atom is -0.481 e. The molecule has 2 aromatic carbocycles. The Morgan fingerprint density at radius 3 is 2.33 bits per heavy atom. The van der Waals surface area contributed by atoms with Gasteiger partial charge in [-0.1, -0.05) is 53.5 Å². The predicted molar refractivity (Wildman–Crippen MR) is 99.4 cm³/mol. The van der Waals surface area contributed by atoms with Crippen molar-refractivity contribution in [2.75, 3.05) is 7.05 Å². The number of aliphatic carboxylic acids is 1. The third kappa shape index (κ3) is 4.91. The lowest BCUT2D eigenvalue weighted by atomic mass is 10.1. The van der Waals surface area contributed by atoms with E-state index in [9.17, 15) is 18.0 Å². The summed E-state index contributed by atoms with van der Waals surface area (Å²) < 4.78 is 30.8. The highest BCUT2D eigenvalue weighted by atomic mass is 35.5. The van der Waals surface area contributed by atoms with Gasteiger partial charge in [0.1, 0.15) is 11.5 Å². The molecule has 1 amide bonds. The van der Waals surface area contributed by atoms with Crippen LogP contribution in [-0.2, 0) is 32.6 Å². The van der Waals surface area contributed by atoms with E-state index in [1.807, 2.05) is 0 Å². The van der Waals surface area contributed by atoms with E-state index in [2.05, 4.69) is 0 Å². The van der Waals surface area contributed by atoms with E-state index in [1.54, 1.807) is 30.3 Å². The minimum absolute atomic E-state index is 0.00987. The summed E-state index contributed by atoms with van der Waals surface area (Å²) in [6, 6.07) is 11.0. The van der Waals surface area contributed by atoms with Gasteiger partial charge in [-0.2, -0.15) is 0 Å². The Kier molecular flexibility index (Phi) is 6.69. The summed E-state index contributed by atoms with van der Waals surface area (Å²) in [6.45, 7) is -0.113. The largest absolute Gasteiger partial charge is 0.481 e. The zero-order valence-electron chi connectivity index (χ0n) is 14.1. The molecule has 0 unspecified atom stereocenters. The summed E-state index contributed by atoms with van der Waals surface area (Å²) in [5.74, 6) is -1.23. The maximum atomic E-state index is 12.7. The van der Waals surface area contributed by atoms with Crippen molar-refractivity contribution in [3.63, 3.8) is 0 Å². The Labute approximate surface area is 166 Å². The molecule has 0 radical (unpaired) electrons. The van der Waals surface area contributed by atoms with Crippen molar-refractivity contribution in [3.8, 4) is 0 Å². The predicted octanol–water partition coefficient (Wildman–Crippen LogP) is 3.58. The molecule has 0 spiro atoms. The summed E-state index contributed by atoms with van der Waals surface area (Å²) in [4.78, 5) is 22.6. The molecule has 27 heavy (non-hydrogen) atoms. The zero-order valence-corrected chi connectivity index (χ0v) is 16.4. The fraction of sp³-hybridized carbons (Fsp3) is 0.176. The van der Waals surface area contributed by atoms with Gasteiger partial charge in [0.2, 0.25) is 0 Å². The summed E-state index contributed by atoms with van der Waals surface area (Å²) in [5.41, 5.74) is 0.628. The number of rotatable bonds is 6. The molecule has 0 saturated carbocycles. The number of benzene rings is 2. The van der Waals surface area contributed by atoms with Gasteiger partial charge in [-0.15, -0.1) is 0 Å². The monoisotopic (exact) mass is 431 g/mol. The highest BCUT2D eigenvalue weighted by Crippen LogP contribution is 2.33. The van der Waals surface area contributed by atoms with E-state index in [4.69, 9.17) is 33.0 Å². The van der Waals surface area contributed by atoms with Crippen molar-refractivity contribution in [2.45, 2.75) is 17.9 Å².